The van der Waals surface area contributed by atoms with Crippen molar-refractivity contribution in [1.29, 1.82) is 0 Å². The second-order valence-corrected chi connectivity index (χ2v) is 6.86. The lowest BCUT2D eigenvalue weighted by Crippen LogP contribution is -2.42. The summed E-state index contributed by atoms with van der Waals surface area (Å²) in [5.74, 6) is 0.233. The zero-order valence-electron chi connectivity index (χ0n) is 14.6. The van der Waals surface area contributed by atoms with Gasteiger partial charge in [0.05, 0.1) is 13.2 Å². The van der Waals surface area contributed by atoms with Crippen molar-refractivity contribution in [2.75, 3.05) is 25.0 Å². The van der Waals surface area contributed by atoms with Crippen LogP contribution in [0.25, 0.3) is 0 Å². The van der Waals surface area contributed by atoms with Crippen LogP contribution in [0.4, 0.5) is 5.69 Å². The summed E-state index contributed by atoms with van der Waals surface area (Å²) in [5.41, 5.74) is 2.45. The molecule has 1 unspecified atom stereocenters. The minimum atomic E-state index is -0.0917. The highest BCUT2D eigenvalue weighted by atomic mass is 16.5. The van der Waals surface area contributed by atoms with Gasteiger partial charge in [0.25, 0.3) is 5.91 Å². The Morgan fingerprint density at radius 2 is 1.73 bits per heavy atom. The molecule has 134 valence electrons. The van der Waals surface area contributed by atoms with E-state index in [1.165, 1.54) is 0 Å². The summed E-state index contributed by atoms with van der Waals surface area (Å²) in [6.45, 7) is 1.66. The van der Waals surface area contributed by atoms with E-state index in [-0.39, 0.29) is 23.8 Å². The van der Waals surface area contributed by atoms with Gasteiger partial charge in [0, 0.05) is 23.7 Å². The van der Waals surface area contributed by atoms with Crippen molar-refractivity contribution in [3.8, 4) is 0 Å². The van der Waals surface area contributed by atoms with Crippen LogP contribution in [0.2, 0.25) is 0 Å². The van der Waals surface area contributed by atoms with Crippen LogP contribution in [0.3, 0.4) is 0 Å². The molecule has 5 nitrogen and oxygen atoms in total. The fraction of sp³-hybridized carbons (Fsp3) is 0.333. The molecule has 1 saturated carbocycles. The van der Waals surface area contributed by atoms with Gasteiger partial charge < -0.3 is 15.0 Å². The number of amides is 2. The van der Waals surface area contributed by atoms with E-state index in [9.17, 15) is 9.59 Å². The van der Waals surface area contributed by atoms with Crippen LogP contribution < -0.4 is 5.32 Å². The molecule has 1 heterocycles. The van der Waals surface area contributed by atoms with E-state index in [1.807, 2.05) is 35.2 Å². The third-order valence-corrected chi connectivity index (χ3v) is 4.87. The van der Waals surface area contributed by atoms with Gasteiger partial charge >= 0.3 is 0 Å². The SMILES string of the molecule is O=C(Nc1ccc(C(=O)N2CCOC(c3ccccc3)C2)cc1)C1CC1. The monoisotopic (exact) mass is 350 g/mol. The van der Waals surface area contributed by atoms with Crippen molar-refractivity contribution in [1.82, 2.24) is 4.90 Å². The molecule has 4 rings (SSSR count). The summed E-state index contributed by atoms with van der Waals surface area (Å²) >= 11 is 0. The summed E-state index contributed by atoms with van der Waals surface area (Å²) in [7, 11) is 0. The first-order valence-corrected chi connectivity index (χ1v) is 9.07. The van der Waals surface area contributed by atoms with Crippen molar-refractivity contribution in [3.05, 3.63) is 65.7 Å². The van der Waals surface area contributed by atoms with Crippen molar-refractivity contribution < 1.29 is 14.3 Å². The Kier molecular flexibility index (Phi) is 4.71. The third kappa shape index (κ3) is 3.78. The lowest BCUT2D eigenvalue weighted by atomic mass is 10.1. The molecule has 0 bridgehead atoms. The number of anilines is 1. The van der Waals surface area contributed by atoms with Crippen LogP contribution in [0.1, 0.15) is 34.9 Å². The molecule has 5 heteroatoms. The zero-order chi connectivity index (χ0) is 17.9. The lowest BCUT2D eigenvalue weighted by Gasteiger charge is -2.33. The molecule has 2 amide bonds. The van der Waals surface area contributed by atoms with Gasteiger partial charge in [-0.25, -0.2) is 0 Å². The molecular formula is C21H22N2O3. The lowest BCUT2D eigenvalue weighted by molar-refractivity contribution is -0.117. The Balaban J connectivity index is 1.40. The summed E-state index contributed by atoms with van der Waals surface area (Å²) in [6.07, 6.45) is 1.86. The number of hydrogen-bond donors (Lipinski definition) is 1. The first-order valence-electron chi connectivity index (χ1n) is 9.07. The Morgan fingerprint density at radius 3 is 2.42 bits per heavy atom. The largest absolute Gasteiger partial charge is 0.370 e. The molecule has 2 aliphatic rings. The Hall–Kier alpha value is -2.66. The van der Waals surface area contributed by atoms with Gasteiger partial charge in [-0.05, 0) is 42.7 Å². The highest BCUT2D eigenvalue weighted by molar-refractivity contribution is 5.96. The minimum absolute atomic E-state index is 0.00528. The van der Waals surface area contributed by atoms with Crippen molar-refractivity contribution in [3.63, 3.8) is 0 Å². The summed E-state index contributed by atoms with van der Waals surface area (Å²) in [5, 5.41) is 2.89. The highest BCUT2D eigenvalue weighted by Gasteiger charge is 2.30. The maximum absolute atomic E-state index is 12.8. The van der Waals surface area contributed by atoms with E-state index >= 15 is 0 Å². The second-order valence-electron chi connectivity index (χ2n) is 6.86. The molecule has 0 aromatic heterocycles. The molecule has 1 saturated heterocycles. The Bertz CT molecular complexity index is 785. The maximum atomic E-state index is 12.8. The van der Waals surface area contributed by atoms with Gasteiger partial charge in [0.15, 0.2) is 0 Å². The first-order chi connectivity index (χ1) is 12.7. The predicted molar refractivity (Wildman–Crippen MR) is 98.8 cm³/mol. The average Bonchev–Trinajstić information content (AvgIpc) is 3.54. The molecule has 2 aromatic rings. The van der Waals surface area contributed by atoms with E-state index in [1.54, 1.807) is 24.3 Å². The molecule has 1 aliphatic heterocycles. The van der Waals surface area contributed by atoms with Gasteiger partial charge in [-0.15, -0.1) is 0 Å². The van der Waals surface area contributed by atoms with Crippen LogP contribution in [0.15, 0.2) is 54.6 Å². The quantitative estimate of drug-likeness (QED) is 0.921. The number of benzene rings is 2. The third-order valence-electron chi connectivity index (χ3n) is 4.87. The van der Waals surface area contributed by atoms with Crippen LogP contribution in [0, 0.1) is 5.92 Å². The minimum Gasteiger partial charge on any atom is -0.370 e. The maximum Gasteiger partial charge on any atom is 0.254 e. The first kappa shape index (κ1) is 16.8. The highest BCUT2D eigenvalue weighted by Crippen LogP contribution is 2.30. The molecular weight excluding hydrogens is 328 g/mol. The second kappa shape index (κ2) is 7.30. The van der Waals surface area contributed by atoms with Gasteiger partial charge in [0.1, 0.15) is 6.10 Å². The standard InChI is InChI=1S/C21H22N2O3/c24-20(16-6-7-16)22-18-10-8-17(9-11-18)21(25)23-12-13-26-19(14-23)15-4-2-1-3-5-15/h1-5,8-11,16,19H,6-7,12-14H2,(H,22,24). The van der Waals surface area contributed by atoms with Crippen LogP contribution in [-0.2, 0) is 9.53 Å². The van der Waals surface area contributed by atoms with Crippen LogP contribution >= 0.6 is 0 Å². The van der Waals surface area contributed by atoms with Crippen molar-refractivity contribution >= 4 is 17.5 Å². The van der Waals surface area contributed by atoms with E-state index in [2.05, 4.69) is 5.32 Å². The summed E-state index contributed by atoms with van der Waals surface area (Å²) < 4.78 is 5.83. The number of morpholine rings is 1. The Labute approximate surface area is 153 Å². The van der Waals surface area contributed by atoms with E-state index in [0.29, 0.717) is 25.3 Å². The fourth-order valence-electron chi connectivity index (χ4n) is 3.17. The van der Waals surface area contributed by atoms with Gasteiger partial charge in [-0.3, -0.25) is 9.59 Å². The average molecular weight is 350 g/mol. The number of carbonyl (C=O) groups excluding carboxylic acids is 2. The van der Waals surface area contributed by atoms with E-state index in [0.717, 1.165) is 24.1 Å². The molecule has 1 atom stereocenters. The van der Waals surface area contributed by atoms with Crippen LogP contribution in [0.5, 0.6) is 0 Å². The molecule has 1 N–H and O–H groups in total. The molecule has 0 radical (unpaired) electrons. The number of hydrogen-bond acceptors (Lipinski definition) is 3. The molecule has 1 aliphatic carbocycles. The number of carbonyl (C=O) groups is 2. The number of ether oxygens (including phenoxy) is 1. The topological polar surface area (TPSA) is 58.6 Å². The van der Waals surface area contributed by atoms with E-state index < -0.39 is 0 Å². The summed E-state index contributed by atoms with van der Waals surface area (Å²) in [6, 6.07) is 17.1. The molecule has 0 spiro atoms. The summed E-state index contributed by atoms with van der Waals surface area (Å²) in [4.78, 5) is 26.5. The van der Waals surface area contributed by atoms with Gasteiger partial charge in [-0.1, -0.05) is 30.3 Å². The van der Waals surface area contributed by atoms with Crippen LogP contribution in [-0.4, -0.2) is 36.4 Å². The number of nitrogens with one attached hydrogen (secondary N) is 1. The van der Waals surface area contributed by atoms with Crippen molar-refractivity contribution in [2.24, 2.45) is 5.92 Å². The fourth-order valence-corrected chi connectivity index (χ4v) is 3.17. The van der Waals surface area contributed by atoms with Crippen molar-refractivity contribution in [2.45, 2.75) is 18.9 Å². The number of nitrogens with zero attached hydrogens (tertiary/aromatic N) is 1. The number of rotatable bonds is 4. The smallest absolute Gasteiger partial charge is 0.254 e. The normalized spacial score (nSPS) is 19.8. The van der Waals surface area contributed by atoms with Gasteiger partial charge in [-0.2, -0.15) is 0 Å². The van der Waals surface area contributed by atoms with E-state index in [4.69, 9.17) is 4.74 Å². The molecule has 2 fully saturated rings. The molecule has 26 heavy (non-hydrogen) atoms. The molecule has 2 aromatic carbocycles. The van der Waals surface area contributed by atoms with Gasteiger partial charge in [0.2, 0.25) is 5.91 Å². The zero-order valence-corrected chi connectivity index (χ0v) is 14.6. The Morgan fingerprint density at radius 1 is 1.00 bits per heavy atom. The predicted octanol–water partition coefficient (Wildman–Crippen LogP) is 3.25.